The van der Waals surface area contributed by atoms with E-state index in [1.54, 1.807) is 0 Å². The van der Waals surface area contributed by atoms with Crippen LogP contribution >= 0.6 is 0 Å². The third-order valence-electron chi connectivity index (χ3n) is 2.21. The van der Waals surface area contributed by atoms with Crippen LogP contribution in [0.5, 0.6) is 0 Å². The van der Waals surface area contributed by atoms with E-state index in [9.17, 15) is 0 Å². The molecule has 0 saturated carbocycles. The molecule has 0 aromatic rings. The first-order valence-corrected chi connectivity index (χ1v) is 4.60. The van der Waals surface area contributed by atoms with Gasteiger partial charge in [0.1, 0.15) is 6.04 Å². The molecule has 0 radical (unpaired) electrons. The van der Waals surface area contributed by atoms with Crippen molar-refractivity contribution in [3.05, 3.63) is 10.4 Å². The van der Waals surface area contributed by atoms with Gasteiger partial charge < -0.3 is 10.1 Å². The molecule has 14 heavy (non-hydrogen) atoms. The van der Waals surface area contributed by atoms with Gasteiger partial charge in [0.15, 0.2) is 0 Å². The van der Waals surface area contributed by atoms with Gasteiger partial charge in [0, 0.05) is 30.5 Å². The van der Waals surface area contributed by atoms with Gasteiger partial charge >= 0.3 is 0 Å². The lowest BCUT2D eigenvalue weighted by Crippen LogP contribution is -2.36. The Labute approximate surface area is 82.5 Å². The number of nitriles is 1. The van der Waals surface area contributed by atoms with Crippen LogP contribution in [0.2, 0.25) is 0 Å². The van der Waals surface area contributed by atoms with E-state index in [2.05, 4.69) is 21.4 Å². The van der Waals surface area contributed by atoms with E-state index >= 15 is 0 Å². The molecule has 1 aliphatic rings. The van der Waals surface area contributed by atoms with Crippen molar-refractivity contribution in [3.8, 4) is 6.07 Å². The molecule has 1 aliphatic heterocycles. The summed E-state index contributed by atoms with van der Waals surface area (Å²) in [6.07, 6.45) is 0.923. The van der Waals surface area contributed by atoms with E-state index in [1.807, 2.05) is 0 Å². The molecular weight excluding hydrogens is 182 g/mol. The SMILES string of the molecule is N#CC(NCCN=[N+]=[N-])C1CCOC1. The molecule has 0 spiro atoms. The maximum atomic E-state index is 8.87. The fraction of sp³-hybridized carbons (Fsp3) is 0.875. The van der Waals surface area contributed by atoms with Crippen molar-refractivity contribution in [2.45, 2.75) is 12.5 Å². The number of nitrogens with one attached hydrogen (secondary N) is 1. The van der Waals surface area contributed by atoms with Gasteiger partial charge in [-0.3, -0.25) is 0 Å². The summed E-state index contributed by atoms with van der Waals surface area (Å²) in [5.41, 5.74) is 8.05. The Kier molecular flexibility index (Phi) is 4.79. The number of azide groups is 1. The van der Waals surface area contributed by atoms with Crippen LogP contribution in [0.25, 0.3) is 10.4 Å². The van der Waals surface area contributed by atoms with Gasteiger partial charge in [-0.1, -0.05) is 5.11 Å². The van der Waals surface area contributed by atoms with E-state index in [0.717, 1.165) is 13.0 Å². The molecule has 0 aromatic heterocycles. The van der Waals surface area contributed by atoms with Crippen LogP contribution in [-0.2, 0) is 4.74 Å². The first-order valence-electron chi connectivity index (χ1n) is 4.60. The highest BCUT2D eigenvalue weighted by molar-refractivity contribution is 4.96. The minimum atomic E-state index is -0.189. The first kappa shape index (κ1) is 10.8. The minimum Gasteiger partial charge on any atom is -0.381 e. The molecule has 0 aliphatic carbocycles. The molecule has 0 amide bonds. The second-order valence-electron chi connectivity index (χ2n) is 3.14. The summed E-state index contributed by atoms with van der Waals surface area (Å²) < 4.78 is 5.19. The van der Waals surface area contributed by atoms with Crippen molar-refractivity contribution < 1.29 is 4.74 Å². The molecule has 1 saturated heterocycles. The van der Waals surface area contributed by atoms with Gasteiger partial charge in [-0.2, -0.15) is 5.26 Å². The van der Waals surface area contributed by atoms with Crippen LogP contribution in [0.15, 0.2) is 5.11 Å². The molecule has 2 atom stereocenters. The summed E-state index contributed by atoms with van der Waals surface area (Å²) in [5, 5.41) is 15.3. The van der Waals surface area contributed by atoms with Gasteiger partial charge in [-0.25, -0.2) is 0 Å². The Bertz CT molecular complexity index is 249. The standard InChI is InChI=1S/C8H13N5O/c9-5-8(7-1-4-14-6-7)11-2-3-12-13-10/h7-8,11H,1-4,6H2. The van der Waals surface area contributed by atoms with Crippen LogP contribution in [-0.4, -0.2) is 32.3 Å². The Hall–Kier alpha value is -1.28. The third-order valence-corrected chi connectivity index (χ3v) is 2.21. The molecule has 1 N–H and O–H groups in total. The Balaban J connectivity index is 2.24. The average Bonchev–Trinajstić information content (AvgIpc) is 2.71. The van der Waals surface area contributed by atoms with Crippen molar-refractivity contribution in [1.29, 1.82) is 5.26 Å². The fourth-order valence-corrected chi connectivity index (χ4v) is 1.45. The topological polar surface area (TPSA) is 93.8 Å². The molecule has 1 rings (SSSR count). The highest BCUT2D eigenvalue weighted by atomic mass is 16.5. The summed E-state index contributed by atoms with van der Waals surface area (Å²) in [6.45, 7) is 2.30. The van der Waals surface area contributed by atoms with E-state index < -0.39 is 0 Å². The Morgan fingerprint density at radius 2 is 2.64 bits per heavy atom. The maximum absolute atomic E-state index is 8.87. The number of nitrogens with zero attached hydrogens (tertiary/aromatic N) is 4. The predicted octanol–water partition coefficient (Wildman–Crippen LogP) is 0.815. The fourth-order valence-electron chi connectivity index (χ4n) is 1.45. The van der Waals surface area contributed by atoms with E-state index in [1.165, 1.54) is 0 Å². The van der Waals surface area contributed by atoms with Crippen molar-refractivity contribution in [2.75, 3.05) is 26.3 Å². The summed E-state index contributed by atoms with van der Waals surface area (Å²) in [5.74, 6) is 0.270. The smallest absolute Gasteiger partial charge is 0.100 e. The largest absolute Gasteiger partial charge is 0.381 e. The molecule has 0 bridgehead atoms. The zero-order valence-electron chi connectivity index (χ0n) is 7.89. The van der Waals surface area contributed by atoms with Gasteiger partial charge in [-0.05, 0) is 12.0 Å². The van der Waals surface area contributed by atoms with E-state index in [-0.39, 0.29) is 12.0 Å². The quantitative estimate of drug-likeness (QED) is 0.304. The van der Waals surface area contributed by atoms with Crippen molar-refractivity contribution in [3.63, 3.8) is 0 Å². The number of ether oxygens (including phenoxy) is 1. The average molecular weight is 195 g/mol. The van der Waals surface area contributed by atoms with Crippen LogP contribution < -0.4 is 5.32 Å². The zero-order valence-corrected chi connectivity index (χ0v) is 7.89. The Morgan fingerprint density at radius 1 is 1.79 bits per heavy atom. The second-order valence-corrected chi connectivity index (χ2v) is 3.14. The third kappa shape index (κ3) is 3.23. The van der Waals surface area contributed by atoms with Crippen molar-refractivity contribution in [2.24, 2.45) is 11.0 Å². The number of hydrogen-bond acceptors (Lipinski definition) is 4. The maximum Gasteiger partial charge on any atom is 0.100 e. The highest BCUT2D eigenvalue weighted by Gasteiger charge is 2.24. The summed E-state index contributed by atoms with van der Waals surface area (Å²) in [6, 6.07) is 2.01. The highest BCUT2D eigenvalue weighted by Crippen LogP contribution is 2.15. The van der Waals surface area contributed by atoms with Crippen LogP contribution in [0, 0.1) is 17.2 Å². The second kappa shape index (κ2) is 6.22. The monoisotopic (exact) mass is 195 g/mol. The first-order chi connectivity index (χ1) is 6.88. The molecule has 1 heterocycles. The van der Waals surface area contributed by atoms with Crippen molar-refractivity contribution in [1.82, 2.24) is 5.32 Å². The molecular formula is C8H13N5O. The summed E-state index contributed by atoms with van der Waals surface area (Å²) >= 11 is 0. The van der Waals surface area contributed by atoms with Crippen LogP contribution in [0.1, 0.15) is 6.42 Å². The van der Waals surface area contributed by atoms with E-state index in [4.69, 9.17) is 15.5 Å². The molecule has 0 aromatic carbocycles. The van der Waals surface area contributed by atoms with Crippen LogP contribution in [0.3, 0.4) is 0 Å². The predicted molar refractivity (Wildman–Crippen MR) is 50.3 cm³/mol. The van der Waals surface area contributed by atoms with Gasteiger partial charge in [0.05, 0.1) is 12.7 Å². The molecule has 6 nitrogen and oxygen atoms in total. The molecule has 76 valence electrons. The van der Waals surface area contributed by atoms with Crippen LogP contribution in [0.4, 0.5) is 0 Å². The minimum absolute atomic E-state index is 0.189. The zero-order chi connectivity index (χ0) is 10.2. The van der Waals surface area contributed by atoms with Gasteiger partial charge in [-0.15, -0.1) is 0 Å². The number of rotatable bonds is 5. The molecule has 6 heteroatoms. The van der Waals surface area contributed by atoms with Gasteiger partial charge in [0.2, 0.25) is 0 Å². The van der Waals surface area contributed by atoms with Gasteiger partial charge in [0.25, 0.3) is 0 Å². The lowest BCUT2D eigenvalue weighted by molar-refractivity contribution is 0.181. The molecule has 1 fully saturated rings. The van der Waals surface area contributed by atoms with Crippen molar-refractivity contribution >= 4 is 0 Å². The molecule has 2 unspecified atom stereocenters. The normalized spacial score (nSPS) is 22.4. The summed E-state index contributed by atoms with van der Waals surface area (Å²) in [4.78, 5) is 2.63. The van der Waals surface area contributed by atoms with E-state index in [0.29, 0.717) is 19.7 Å². The Morgan fingerprint density at radius 3 is 3.21 bits per heavy atom. The lowest BCUT2D eigenvalue weighted by Gasteiger charge is -2.15. The summed E-state index contributed by atoms with van der Waals surface area (Å²) in [7, 11) is 0. The lowest BCUT2D eigenvalue weighted by atomic mass is 10.0. The number of hydrogen-bond donors (Lipinski definition) is 1.